The first kappa shape index (κ1) is 15.0. The normalized spacial score (nSPS) is 18.5. The van der Waals surface area contributed by atoms with E-state index in [4.69, 9.17) is 0 Å². The minimum absolute atomic E-state index is 0.427. The largest absolute Gasteiger partial charge is 0.308 e. The number of hydrogen-bond donors (Lipinski definition) is 1. The summed E-state index contributed by atoms with van der Waals surface area (Å²) in [5.74, 6) is 1.58. The van der Waals surface area contributed by atoms with Gasteiger partial charge in [-0.2, -0.15) is 5.10 Å². The summed E-state index contributed by atoms with van der Waals surface area (Å²) in [5.41, 5.74) is 1.34. The van der Waals surface area contributed by atoms with E-state index in [0.29, 0.717) is 12.0 Å². The smallest absolute Gasteiger partial charge is 0.0698 e. The van der Waals surface area contributed by atoms with Crippen LogP contribution in [0.25, 0.3) is 0 Å². The number of nitrogens with one attached hydrogen (secondary N) is 1. The molecule has 108 valence electrons. The van der Waals surface area contributed by atoms with Gasteiger partial charge in [0.2, 0.25) is 0 Å². The molecule has 0 aliphatic heterocycles. The Bertz CT molecular complexity index is 398. The van der Waals surface area contributed by atoms with Crippen molar-refractivity contribution in [2.75, 3.05) is 6.54 Å². The van der Waals surface area contributed by atoms with E-state index in [9.17, 15) is 0 Å². The average Bonchev–Trinajstić information content (AvgIpc) is 3.18. The summed E-state index contributed by atoms with van der Waals surface area (Å²) < 4.78 is 3.33. The van der Waals surface area contributed by atoms with Crippen LogP contribution >= 0.6 is 15.9 Å². The molecule has 0 saturated heterocycles. The lowest BCUT2D eigenvalue weighted by molar-refractivity contribution is 0.328. The minimum Gasteiger partial charge on any atom is -0.308 e. The van der Waals surface area contributed by atoms with Gasteiger partial charge in [-0.05, 0) is 60.0 Å². The third-order valence-corrected chi connectivity index (χ3v) is 4.68. The molecule has 0 bridgehead atoms. The molecule has 19 heavy (non-hydrogen) atoms. The molecule has 2 atom stereocenters. The van der Waals surface area contributed by atoms with Crippen LogP contribution in [0.15, 0.2) is 10.7 Å². The van der Waals surface area contributed by atoms with E-state index in [1.165, 1.54) is 25.0 Å². The predicted molar refractivity (Wildman–Crippen MR) is 83.1 cm³/mol. The molecule has 2 unspecified atom stereocenters. The highest BCUT2D eigenvalue weighted by atomic mass is 79.9. The van der Waals surface area contributed by atoms with Gasteiger partial charge < -0.3 is 5.32 Å². The van der Waals surface area contributed by atoms with E-state index >= 15 is 0 Å². The van der Waals surface area contributed by atoms with Gasteiger partial charge in [0.25, 0.3) is 0 Å². The van der Waals surface area contributed by atoms with Crippen LogP contribution in [0, 0.1) is 11.8 Å². The van der Waals surface area contributed by atoms with Crippen LogP contribution in [0.4, 0.5) is 0 Å². The van der Waals surface area contributed by atoms with Crippen LogP contribution in [0.1, 0.15) is 58.2 Å². The van der Waals surface area contributed by atoms with E-state index in [-0.39, 0.29) is 0 Å². The Labute approximate surface area is 125 Å². The highest BCUT2D eigenvalue weighted by molar-refractivity contribution is 9.10. The van der Waals surface area contributed by atoms with Gasteiger partial charge in [0.1, 0.15) is 0 Å². The molecular formula is C15H26BrN3. The molecule has 3 nitrogen and oxygen atoms in total. The molecule has 1 aromatic rings. The first-order valence-corrected chi connectivity index (χ1v) is 8.42. The second-order valence-electron chi connectivity index (χ2n) is 5.73. The summed E-state index contributed by atoms with van der Waals surface area (Å²) in [7, 11) is 0. The van der Waals surface area contributed by atoms with Crippen molar-refractivity contribution in [1.82, 2.24) is 15.1 Å². The van der Waals surface area contributed by atoms with Crippen LogP contribution in [-0.2, 0) is 6.54 Å². The van der Waals surface area contributed by atoms with Crippen molar-refractivity contribution in [1.29, 1.82) is 0 Å². The molecule has 1 aromatic heterocycles. The summed E-state index contributed by atoms with van der Waals surface area (Å²) >= 11 is 3.69. The van der Waals surface area contributed by atoms with Crippen LogP contribution in [-0.4, -0.2) is 16.3 Å². The zero-order valence-electron chi connectivity index (χ0n) is 12.3. The fourth-order valence-electron chi connectivity index (χ4n) is 2.80. The van der Waals surface area contributed by atoms with Gasteiger partial charge in [-0.1, -0.05) is 20.8 Å². The number of aromatic nitrogens is 2. The Kier molecular flexibility index (Phi) is 5.46. The second kappa shape index (κ2) is 6.89. The standard InChI is InChI=1S/C15H26BrN3/c1-4-8-17-14(11(3)12-6-7-12)15-13(16)10-18-19(15)9-5-2/h10-12,14,17H,4-9H2,1-3H3. The van der Waals surface area contributed by atoms with Gasteiger partial charge >= 0.3 is 0 Å². The summed E-state index contributed by atoms with van der Waals surface area (Å²) in [6.45, 7) is 8.90. The maximum atomic E-state index is 4.53. The van der Waals surface area contributed by atoms with E-state index in [1.54, 1.807) is 0 Å². The molecule has 1 saturated carbocycles. The molecule has 0 aromatic carbocycles. The molecule has 0 radical (unpaired) electrons. The highest BCUT2D eigenvalue weighted by Crippen LogP contribution is 2.43. The topological polar surface area (TPSA) is 29.9 Å². The molecule has 2 rings (SSSR count). The lowest BCUT2D eigenvalue weighted by atomic mass is 9.93. The van der Waals surface area contributed by atoms with Crippen molar-refractivity contribution in [3.8, 4) is 0 Å². The molecule has 1 N–H and O–H groups in total. The summed E-state index contributed by atoms with van der Waals surface area (Å²) in [5, 5.41) is 8.27. The maximum absolute atomic E-state index is 4.53. The van der Waals surface area contributed by atoms with Gasteiger partial charge in [-0.25, -0.2) is 0 Å². The van der Waals surface area contributed by atoms with Crippen LogP contribution in [0.5, 0.6) is 0 Å². The van der Waals surface area contributed by atoms with Crippen molar-refractivity contribution in [2.45, 2.75) is 59.0 Å². The molecule has 1 aliphatic carbocycles. The molecule has 0 amide bonds. The van der Waals surface area contributed by atoms with E-state index in [0.717, 1.165) is 29.9 Å². The van der Waals surface area contributed by atoms with E-state index < -0.39 is 0 Å². The van der Waals surface area contributed by atoms with Crippen LogP contribution in [0.2, 0.25) is 0 Å². The average molecular weight is 328 g/mol. The van der Waals surface area contributed by atoms with Crippen molar-refractivity contribution < 1.29 is 0 Å². The lowest BCUT2D eigenvalue weighted by Crippen LogP contribution is -2.31. The summed E-state index contributed by atoms with van der Waals surface area (Å²) in [6.07, 6.45) is 7.04. The number of hydrogen-bond acceptors (Lipinski definition) is 2. The Balaban J connectivity index is 2.22. The Morgan fingerprint density at radius 1 is 1.42 bits per heavy atom. The second-order valence-corrected chi connectivity index (χ2v) is 6.58. The monoisotopic (exact) mass is 327 g/mol. The fourth-order valence-corrected chi connectivity index (χ4v) is 3.34. The first-order valence-electron chi connectivity index (χ1n) is 7.63. The van der Waals surface area contributed by atoms with Crippen LogP contribution < -0.4 is 5.32 Å². The van der Waals surface area contributed by atoms with Crippen molar-refractivity contribution in [3.63, 3.8) is 0 Å². The quantitative estimate of drug-likeness (QED) is 0.777. The predicted octanol–water partition coefficient (Wildman–Crippen LogP) is 4.14. The molecule has 1 heterocycles. The third-order valence-electron chi connectivity index (χ3n) is 4.07. The van der Waals surface area contributed by atoms with Crippen molar-refractivity contribution >= 4 is 15.9 Å². The molecular weight excluding hydrogens is 302 g/mol. The fraction of sp³-hybridized carbons (Fsp3) is 0.800. The summed E-state index contributed by atoms with van der Waals surface area (Å²) in [4.78, 5) is 0. The maximum Gasteiger partial charge on any atom is 0.0698 e. The van der Waals surface area contributed by atoms with Gasteiger partial charge in [-0.15, -0.1) is 0 Å². The van der Waals surface area contributed by atoms with Gasteiger partial charge in [0.05, 0.1) is 22.4 Å². The third kappa shape index (κ3) is 3.60. The van der Waals surface area contributed by atoms with Crippen molar-refractivity contribution in [3.05, 3.63) is 16.4 Å². The SMILES string of the molecule is CCCNC(c1c(Br)cnn1CCC)C(C)C1CC1. The van der Waals surface area contributed by atoms with Gasteiger partial charge in [-0.3, -0.25) is 4.68 Å². The number of nitrogens with zero attached hydrogens (tertiary/aromatic N) is 2. The molecule has 1 fully saturated rings. The molecule has 0 spiro atoms. The van der Waals surface area contributed by atoms with E-state index in [1.807, 2.05) is 6.20 Å². The first-order chi connectivity index (χ1) is 9.19. The minimum atomic E-state index is 0.427. The zero-order chi connectivity index (χ0) is 13.8. The summed E-state index contributed by atoms with van der Waals surface area (Å²) in [6, 6.07) is 0.427. The Morgan fingerprint density at radius 2 is 2.16 bits per heavy atom. The number of halogens is 1. The van der Waals surface area contributed by atoms with Crippen LogP contribution in [0.3, 0.4) is 0 Å². The van der Waals surface area contributed by atoms with E-state index in [2.05, 4.69) is 51.8 Å². The number of rotatable bonds is 8. The highest BCUT2D eigenvalue weighted by Gasteiger charge is 2.36. The molecule has 4 heteroatoms. The lowest BCUT2D eigenvalue weighted by Gasteiger charge is -2.26. The van der Waals surface area contributed by atoms with Gasteiger partial charge in [0, 0.05) is 6.54 Å². The van der Waals surface area contributed by atoms with Crippen molar-refractivity contribution in [2.24, 2.45) is 11.8 Å². The Morgan fingerprint density at radius 3 is 2.74 bits per heavy atom. The zero-order valence-corrected chi connectivity index (χ0v) is 13.9. The molecule has 1 aliphatic rings. The van der Waals surface area contributed by atoms with Gasteiger partial charge in [0.15, 0.2) is 0 Å². The number of aryl methyl sites for hydroxylation is 1. The Hall–Kier alpha value is -0.350.